The van der Waals surface area contributed by atoms with Crippen molar-refractivity contribution in [2.45, 2.75) is 83.2 Å². The molecule has 45 heavy (non-hydrogen) atoms. The predicted molar refractivity (Wildman–Crippen MR) is 193 cm³/mol. The Morgan fingerprint density at radius 2 is 1.58 bits per heavy atom. The van der Waals surface area contributed by atoms with E-state index in [1.807, 2.05) is 0 Å². The molecule has 0 aliphatic carbocycles. The van der Waals surface area contributed by atoms with Crippen molar-refractivity contribution in [1.29, 1.82) is 0 Å². The first-order chi connectivity index (χ1) is 21.9. The van der Waals surface area contributed by atoms with Crippen molar-refractivity contribution >= 4 is 23.3 Å². The lowest BCUT2D eigenvalue weighted by Gasteiger charge is -2.31. The van der Waals surface area contributed by atoms with Crippen LogP contribution in [0.3, 0.4) is 0 Å². The quantitative estimate of drug-likeness (QED) is 0.0888. The van der Waals surface area contributed by atoms with Crippen molar-refractivity contribution in [1.82, 2.24) is 0 Å². The third kappa shape index (κ3) is 5.14. The van der Waals surface area contributed by atoms with E-state index in [0.717, 1.165) is 25.7 Å². The van der Waals surface area contributed by atoms with Gasteiger partial charge in [0.05, 0.1) is 47.7 Å². The number of aromatic nitrogens is 2. The Morgan fingerprint density at radius 3 is 2.40 bits per heavy atom. The molecular formula is C42H50N2P+3. The molecule has 0 saturated carbocycles. The molecule has 0 saturated heterocycles. The third-order valence-corrected chi connectivity index (χ3v) is 14.4. The van der Waals surface area contributed by atoms with E-state index in [2.05, 4.69) is 147 Å². The van der Waals surface area contributed by atoms with Gasteiger partial charge in [-0.1, -0.05) is 76.1 Å². The van der Waals surface area contributed by atoms with Gasteiger partial charge in [0, 0.05) is 43.9 Å². The number of fused-ring (bicyclic) bond motifs is 8. The summed E-state index contributed by atoms with van der Waals surface area (Å²) in [5.41, 5.74) is 8.63. The highest BCUT2D eigenvalue weighted by molar-refractivity contribution is 7.81. The fourth-order valence-corrected chi connectivity index (χ4v) is 10.9. The summed E-state index contributed by atoms with van der Waals surface area (Å²) in [7, 11) is -1.23. The second kappa shape index (κ2) is 12.1. The van der Waals surface area contributed by atoms with Gasteiger partial charge in [0.25, 0.3) is 0 Å². The van der Waals surface area contributed by atoms with Crippen LogP contribution >= 0.6 is 7.26 Å². The van der Waals surface area contributed by atoms with E-state index < -0.39 is 7.26 Å². The summed E-state index contributed by atoms with van der Waals surface area (Å²) >= 11 is 0. The predicted octanol–water partition coefficient (Wildman–Crippen LogP) is 9.84. The van der Waals surface area contributed by atoms with Crippen molar-refractivity contribution in [3.8, 4) is 22.5 Å². The van der Waals surface area contributed by atoms with Gasteiger partial charge in [-0.3, -0.25) is 0 Å². The fourth-order valence-electron chi connectivity index (χ4n) is 8.62. The van der Waals surface area contributed by atoms with Gasteiger partial charge in [-0.05, 0) is 60.0 Å². The molecule has 0 bridgehead atoms. The topological polar surface area (TPSA) is 7.76 Å². The van der Waals surface area contributed by atoms with Crippen molar-refractivity contribution in [3.63, 3.8) is 0 Å². The van der Waals surface area contributed by atoms with E-state index in [9.17, 15) is 0 Å². The number of hydrogen-bond acceptors (Lipinski definition) is 0. The molecule has 3 atom stereocenters. The first kappa shape index (κ1) is 30.3. The molecule has 0 amide bonds. The van der Waals surface area contributed by atoms with Crippen LogP contribution in [-0.2, 0) is 5.54 Å². The van der Waals surface area contributed by atoms with E-state index in [4.69, 9.17) is 0 Å². The van der Waals surface area contributed by atoms with Crippen LogP contribution in [0.15, 0.2) is 103 Å². The lowest BCUT2D eigenvalue weighted by atomic mass is 9.76. The number of pyridine rings is 2. The molecule has 3 unspecified atom stereocenters. The van der Waals surface area contributed by atoms with Gasteiger partial charge in [0.2, 0.25) is 11.4 Å². The zero-order valence-corrected chi connectivity index (χ0v) is 28.9. The molecule has 2 aliphatic rings. The van der Waals surface area contributed by atoms with Crippen LogP contribution in [0.4, 0.5) is 0 Å². The SMILES string of the molecule is CCCCC[P+](C)(C)c1ccc2c(c1)-c1c3ccccc3cc[n+]1C(CC)(CC1c3ccccc3-c3cccc[n+]31)CC2CC. The van der Waals surface area contributed by atoms with E-state index in [0.29, 0.717) is 12.0 Å². The Bertz CT molecular complexity index is 1810. The van der Waals surface area contributed by atoms with Crippen LogP contribution in [0, 0.1) is 0 Å². The third-order valence-electron chi connectivity index (χ3n) is 11.3. The van der Waals surface area contributed by atoms with Gasteiger partial charge in [-0.15, -0.1) is 0 Å². The largest absolute Gasteiger partial charge is 0.221 e. The van der Waals surface area contributed by atoms with Crippen LogP contribution in [0.25, 0.3) is 33.3 Å². The number of hydrogen-bond donors (Lipinski definition) is 0. The molecule has 0 fully saturated rings. The molecular weight excluding hydrogens is 563 g/mol. The second-order valence-corrected chi connectivity index (χ2v) is 18.5. The summed E-state index contributed by atoms with van der Waals surface area (Å²) in [4.78, 5) is 0. The highest BCUT2D eigenvalue weighted by atomic mass is 31.2. The van der Waals surface area contributed by atoms with Crippen LogP contribution in [0.5, 0.6) is 0 Å². The number of nitrogens with zero attached hydrogens (tertiary/aromatic N) is 2. The van der Waals surface area contributed by atoms with Gasteiger partial charge in [-0.25, -0.2) is 0 Å². The molecule has 5 aromatic rings. The van der Waals surface area contributed by atoms with Gasteiger partial charge >= 0.3 is 0 Å². The molecule has 0 radical (unpaired) electrons. The van der Waals surface area contributed by atoms with E-state index in [-0.39, 0.29) is 5.54 Å². The molecule has 0 N–H and O–H groups in total. The van der Waals surface area contributed by atoms with Crippen LogP contribution in [0.2, 0.25) is 0 Å². The Hall–Kier alpha value is -3.35. The summed E-state index contributed by atoms with van der Waals surface area (Å²) in [5, 5.41) is 4.31. The minimum Gasteiger partial charge on any atom is -0.192 e. The van der Waals surface area contributed by atoms with Gasteiger partial charge in [-0.2, -0.15) is 9.13 Å². The molecule has 2 aliphatic heterocycles. The van der Waals surface area contributed by atoms with Crippen LogP contribution < -0.4 is 14.4 Å². The molecule has 2 aromatic heterocycles. The molecule has 7 rings (SSSR count). The van der Waals surface area contributed by atoms with Crippen molar-refractivity contribution in [2.75, 3.05) is 19.5 Å². The molecule has 0 spiro atoms. The molecule has 3 heteroatoms. The Kier molecular flexibility index (Phi) is 8.16. The molecule has 230 valence electrons. The standard InChI is InChI=1S/C42H50N2P/c1-6-9-16-27-45(4,5)33-22-23-34-31(7-2)29-42(8-3,44-26-24-32-17-10-11-18-35(32)41(44)38(34)28-33)30-40-37-20-13-12-19-36(37)39-21-14-15-25-43(39)40/h10-15,17-26,28,31,40H,6-9,16,27,29-30H2,1-5H3/q+3. The lowest BCUT2D eigenvalue weighted by molar-refractivity contribution is -0.773. The van der Waals surface area contributed by atoms with Crippen LogP contribution in [-0.4, -0.2) is 19.5 Å². The Balaban J connectivity index is 1.45. The normalized spacial score (nSPS) is 20.3. The highest BCUT2D eigenvalue weighted by Gasteiger charge is 2.52. The van der Waals surface area contributed by atoms with Gasteiger partial charge in [0.15, 0.2) is 24.0 Å². The average Bonchev–Trinajstić information content (AvgIpc) is 3.32. The number of rotatable bonds is 9. The molecule has 2 nitrogen and oxygen atoms in total. The summed E-state index contributed by atoms with van der Waals surface area (Å²) in [6.45, 7) is 12.3. The van der Waals surface area contributed by atoms with E-state index in [1.54, 1.807) is 10.9 Å². The summed E-state index contributed by atoms with van der Waals surface area (Å²) in [5.74, 6) is 0.506. The summed E-state index contributed by atoms with van der Waals surface area (Å²) in [6.07, 6.45) is 14.5. The maximum Gasteiger partial charge on any atom is 0.221 e. The highest BCUT2D eigenvalue weighted by Crippen LogP contribution is 2.53. The number of unbranched alkanes of at least 4 members (excludes halogenated alkanes) is 2. The lowest BCUT2D eigenvalue weighted by Crippen LogP contribution is -2.59. The van der Waals surface area contributed by atoms with Crippen molar-refractivity contribution < 1.29 is 9.13 Å². The van der Waals surface area contributed by atoms with Gasteiger partial charge < -0.3 is 0 Å². The van der Waals surface area contributed by atoms with Gasteiger partial charge in [0.1, 0.15) is 0 Å². The van der Waals surface area contributed by atoms with Crippen molar-refractivity contribution in [3.05, 3.63) is 115 Å². The molecule has 4 heterocycles. The molecule has 3 aromatic carbocycles. The minimum atomic E-state index is -1.23. The maximum atomic E-state index is 2.76. The zero-order chi connectivity index (χ0) is 31.2. The number of benzene rings is 3. The van der Waals surface area contributed by atoms with Crippen LogP contribution in [0.1, 0.15) is 88.8 Å². The zero-order valence-electron chi connectivity index (χ0n) is 28.0. The Labute approximate surface area is 271 Å². The van der Waals surface area contributed by atoms with Crippen molar-refractivity contribution in [2.24, 2.45) is 0 Å². The monoisotopic (exact) mass is 613 g/mol. The average molecular weight is 614 g/mol. The van der Waals surface area contributed by atoms with E-state index >= 15 is 0 Å². The minimum absolute atomic E-state index is 0.0345. The Morgan fingerprint density at radius 1 is 0.778 bits per heavy atom. The fraction of sp³-hybridized carbons (Fsp3) is 0.381. The maximum absolute atomic E-state index is 2.76. The second-order valence-electron chi connectivity index (χ2n) is 14.2. The van der Waals surface area contributed by atoms with E-state index in [1.165, 1.54) is 64.3 Å². The summed E-state index contributed by atoms with van der Waals surface area (Å²) < 4.78 is 5.32. The summed E-state index contributed by atoms with van der Waals surface area (Å²) in [6, 6.07) is 35.3. The first-order valence-electron chi connectivity index (χ1n) is 17.4. The smallest absolute Gasteiger partial charge is 0.192 e. The first-order valence-corrected chi connectivity index (χ1v) is 20.3.